The average molecular weight is 377 g/mol. The predicted molar refractivity (Wildman–Crippen MR) is 108 cm³/mol. The van der Waals surface area contributed by atoms with Crippen LogP contribution in [0.3, 0.4) is 0 Å². The number of hydrogen-bond donors (Lipinski definition) is 1. The van der Waals surface area contributed by atoms with Crippen LogP contribution in [0.5, 0.6) is 11.5 Å². The van der Waals surface area contributed by atoms with Gasteiger partial charge < -0.3 is 19.2 Å². The fraction of sp³-hybridized carbons (Fsp3) is 0.348. The molecule has 3 aromatic rings. The van der Waals surface area contributed by atoms with E-state index in [-0.39, 0.29) is 6.10 Å². The number of ether oxygens (including phenoxy) is 2. The Morgan fingerprint density at radius 3 is 2.50 bits per heavy atom. The van der Waals surface area contributed by atoms with Gasteiger partial charge in [0, 0.05) is 18.2 Å². The Kier molecular flexibility index (Phi) is 4.32. The molecule has 2 fully saturated rings. The minimum absolute atomic E-state index is 0.202. The molecule has 144 valence electrons. The molecule has 0 saturated carbocycles. The molecule has 0 aliphatic carbocycles. The number of methoxy groups -OCH3 is 1. The van der Waals surface area contributed by atoms with Crippen LogP contribution in [0.2, 0.25) is 0 Å². The van der Waals surface area contributed by atoms with Crippen molar-refractivity contribution in [3.8, 4) is 22.6 Å². The third-order valence-corrected chi connectivity index (χ3v) is 5.83. The third-order valence-electron chi connectivity index (χ3n) is 5.83. The van der Waals surface area contributed by atoms with Gasteiger partial charge in [0.25, 0.3) is 0 Å². The summed E-state index contributed by atoms with van der Waals surface area (Å²) in [5.74, 6) is 1.26. The van der Waals surface area contributed by atoms with E-state index in [4.69, 9.17) is 13.9 Å². The van der Waals surface area contributed by atoms with Crippen molar-refractivity contribution < 1.29 is 13.9 Å². The lowest BCUT2D eigenvalue weighted by atomic mass is 10.0. The Hall–Kier alpha value is -2.79. The highest BCUT2D eigenvalue weighted by atomic mass is 16.5. The van der Waals surface area contributed by atoms with Gasteiger partial charge in [-0.05, 0) is 43.4 Å². The van der Waals surface area contributed by atoms with Gasteiger partial charge in [-0.3, -0.25) is 0 Å². The molecule has 0 spiro atoms. The van der Waals surface area contributed by atoms with Crippen LogP contribution < -0.4 is 20.4 Å². The minimum atomic E-state index is -0.410. The molecule has 3 heterocycles. The first-order valence-corrected chi connectivity index (χ1v) is 9.84. The van der Waals surface area contributed by atoms with E-state index in [0.717, 1.165) is 29.5 Å². The number of rotatable bonds is 4. The zero-order chi connectivity index (χ0) is 19.1. The smallest absolute Gasteiger partial charge is 0.347 e. The monoisotopic (exact) mass is 377 g/mol. The molecule has 1 aromatic heterocycles. The van der Waals surface area contributed by atoms with Crippen LogP contribution in [-0.2, 0) is 0 Å². The Labute approximate surface area is 163 Å². The van der Waals surface area contributed by atoms with Gasteiger partial charge in [0.2, 0.25) is 0 Å². The Balaban J connectivity index is 1.51. The third kappa shape index (κ3) is 3.06. The lowest BCUT2D eigenvalue weighted by molar-refractivity contribution is 0.137. The van der Waals surface area contributed by atoms with Crippen molar-refractivity contribution in [1.82, 2.24) is 5.32 Å². The maximum absolute atomic E-state index is 12.7. The first-order valence-electron chi connectivity index (χ1n) is 9.84. The van der Waals surface area contributed by atoms with E-state index in [1.54, 1.807) is 13.2 Å². The number of benzene rings is 2. The molecule has 0 radical (unpaired) electrons. The second-order valence-corrected chi connectivity index (χ2v) is 7.67. The van der Waals surface area contributed by atoms with E-state index >= 15 is 0 Å². The van der Waals surface area contributed by atoms with Gasteiger partial charge in [0.1, 0.15) is 28.7 Å². The van der Waals surface area contributed by atoms with Crippen molar-refractivity contribution in [3.63, 3.8) is 0 Å². The van der Waals surface area contributed by atoms with Crippen molar-refractivity contribution in [2.24, 2.45) is 0 Å². The lowest BCUT2D eigenvalue weighted by Crippen LogP contribution is -2.42. The van der Waals surface area contributed by atoms with E-state index in [1.807, 2.05) is 42.5 Å². The fourth-order valence-corrected chi connectivity index (χ4v) is 4.59. The highest BCUT2D eigenvalue weighted by Gasteiger charge is 2.34. The van der Waals surface area contributed by atoms with Gasteiger partial charge in [-0.25, -0.2) is 4.79 Å². The predicted octanol–water partition coefficient (Wildman–Crippen LogP) is 4.13. The minimum Gasteiger partial charge on any atom is -0.495 e. The summed E-state index contributed by atoms with van der Waals surface area (Å²) in [5.41, 5.74) is 1.29. The summed E-state index contributed by atoms with van der Waals surface area (Å²) < 4.78 is 17.5. The Bertz CT molecular complexity index is 1050. The largest absolute Gasteiger partial charge is 0.495 e. The summed E-state index contributed by atoms with van der Waals surface area (Å²) in [6.07, 6.45) is 4.71. The highest BCUT2D eigenvalue weighted by Crippen LogP contribution is 2.36. The second-order valence-electron chi connectivity index (χ2n) is 7.67. The van der Waals surface area contributed by atoms with Gasteiger partial charge in [0.15, 0.2) is 0 Å². The van der Waals surface area contributed by atoms with Crippen LogP contribution in [0.25, 0.3) is 22.1 Å². The van der Waals surface area contributed by atoms with Crippen molar-refractivity contribution in [2.45, 2.75) is 43.9 Å². The van der Waals surface area contributed by atoms with Gasteiger partial charge in [-0.15, -0.1) is 0 Å². The van der Waals surface area contributed by atoms with Crippen LogP contribution in [0.1, 0.15) is 25.7 Å². The van der Waals surface area contributed by atoms with Gasteiger partial charge in [0.05, 0.1) is 12.5 Å². The van der Waals surface area contributed by atoms with Crippen LogP contribution in [-0.4, -0.2) is 25.3 Å². The molecule has 0 amide bonds. The molecule has 2 aliphatic rings. The molecule has 5 nitrogen and oxygen atoms in total. The summed E-state index contributed by atoms with van der Waals surface area (Å²) in [7, 11) is 1.58. The topological polar surface area (TPSA) is 60.7 Å². The van der Waals surface area contributed by atoms with Gasteiger partial charge in [-0.1, -0.05) is 30.3 Å². The number of nitrogens with one attached hydrogen (secondary N) is 1. The van der Waals surface area contributed by atoms with Gasteiger partial charge in [-0.2, -0.15) is 0 Å². The Morgan fingerprint density at radius 2 is 1.79 bits per heavy atom. The highest BCUT2D eigenvalue weighted by molar-refractivity contribution is 5.91. The summed E-state index contributed by atoms with van der Waals surface area (Å²) in [4.78, 5) is 12.7. The molecule has 2 bridgehead atoms. The standard InChI is InChI=1S/C23H23NO4/c1-26-22-19-10-9-17(27-18-11-15-7-8-16(12-18)24-15)13-20(19)28-23(25)21(22)14-5-3-2-4-6-14/h2-6,9-10,13,15-16,18,24H,7-8,11-12H2,1H3/t15-,16-/m1/s1. The van der Waals surface area contributed by atoms with E-state index in [2.05, 4.69) is 5.32 Å². The summed E-state index contributed by atoms with van der Waals surface area (Å²) >= 11 is 0. The van der Waals surface area contributed by atoms with Crippen LogP contribution >= 0.6 is 0 Å². The van der Waals surface area contributed by atoms with Crippen LogP contribution in [0, 0.1) is 0 Å². The maximum Gasteiger partial charge on any atom is 0.347 e. The quantitative estimate of drug-likeness (QED) is 0.693. The summed E-state index contributed by atoms with van der Waals surface area (Å²) in [6, 6.07) is 16.2. The molecule has 5 rings (SSSR count). The zero-order valence-electron chi connectivity index (χ0n) is 15.8. The summed E-state index contributed by atoms with van der Waals surface area (Å²) in [5, 5.41) is 4.39. The number of fused-ring (bicyclic) bond motifs is 3. The average Bonchev–Trinajstić information content (AvgIpc) is 3.05. The summed E-state index contributed by atoms with van der Waals surface area (Å²) in [6.45, 7) is 0. The maximum atomic E-state index is 12.7. The molecule has 2 atom stereocenters. The normalized spacial score (nSPS) is 23.7. The number of piperidine rings is 1. The molecule has 2 aliphatic heterocycles. The van der Waals surface area contributed by atoms with Crippen molar-refractivity contribution in [1.29, 1.82) is 0 Å². The van der Waals surface area contributed by atoms with Crippen molar-refractivity contribution in [2.75, 3.05) is 7.11 Å². The Morgan fingerprint density at radius 1 is 1.04 bits per heavy atom. The molecular weight excluding hydrogens is 354 g/mol. The lowest BCUT2D eigenvalue weighted by Gasteiger charge is -2.29. The van der Waals surface area contributed by atoms with E-state index in [1.165, 1.54) is 12.8 Å². The zero-order valence-corrected chi connectivity index (χ0v) is 15.8. The molecule has 0 unspecified atom stereocenters. The SMILES string of the molecule is COc1c(-c2ccccc2)c(=O)oc2cc(OC3C[C@H]4CC[C@H](C3)N4)ccc12. The number of hydrogen-bond acceptors (Lipinski definition) is 5. The first-order chi connectivity index (χ1) is 13.7. The molecule has 5 heteroatoms. The van der Waals surface area contributed by atoms with E-state index in [9.17, 15) is 4.79 Å². The van der Waals surface area contributed by atoms with Crippen molar-refractivity contribution >= 4 is 11.0 Å². The van der Waals surface area contributed by atoms with Crippen LogP contribution in [0.15, 0.2) is 57.7 Å². The molecule has 2 saturated heterocycles. The van der Waals surface area contributed by atoms with Crippen LogP contribution in [0.4, 0.5) is 0 Å². The van der Waals surface area contributed by atoms with E-state index in [0.29, 0.717) is 29.0 Å². The molecule has 2 aromatic carbocycles. The van der Waals surface area contributed by atoms with Crippen molar-refractivity contribution in [3.05, 3.63) is 59.0 Å². The van der Waals surface area contributed by atoms with Gasteiger partial charge >= 0.3 is 5.63 Å². The second kappa shape index (κ2) is 6.99. The van der Waals surface area contributed by atoms with E-state index < -0.39 is 5.63 Å². The fourth-order valence-electron chi connectivity index (χ4n) is 4.59. The first kappa shape index (κ1) is 17.3. The molecule has 1 N–H and O–H groups in total. The molecule has 28 heavy (non-hydrogen) atoms. The molecular formula is C23H23NO4.